The van der Waals surface area contributed by atoms with Gasteiger partial charge in [0.1, 0.15) is 11.2 Å². The first-order chi connectivity index (χ1) is 12.7. The Morgan fingerprint density at radius 1 is 0.962 bits per heavy atom. The summed E-state index contributed by atoms with van der Waals surface area (Å²) in [4.78, 5) is 25.8. The number of hydrogen-bond acceptors (Lipinski definition) is 5. The van der Waals surface area contributed by atoms with Crippen LogP contribution in [0.5, 0.6) is 0 Å². The van der Waals surface area contributed by atoms with Crippen LogP contribution in [0.15, 0.2) is 49.1 Å². The molecule has 0 saturated carbocycles. The zero-order valence-electron chi connectivity index (χ0n) is 14.3. The Morgan fingerprint density at radius 3 is 2.77 bits per heavy atom. The molecule has 0 aliphatic rings. The van der Waals surface area contributed by atoms with E-state index in [2.05, 4.69) is 24.9 Å². The quantitative estimate of drug-likeness (QED) is 0.532. The summed E-state index contributed by atoms with van der Waals surface area (Å²) < 4.78 is 2.03. The minimum atomic E-state index is 0.552. The van der Waals surface area contributed by atoms with Crippen LogP contribution >= 0.6 is 0 Å². The lowest BCUT2D eigenvalue weighted by Gasteiger charge is -2.08. The molecule has 5 aromatic heterocycles. The fourth-order valence-corrected chi connectivity index (χ4v) is 3.09. The maximum atomic E-state index is 4.80. The molecule has 5 rings (SSSR count). The second-order valence-electron chi connectivity index (χ2n) is 6.21. The smallest absolute Gasteiger partial charge is 0.183 e. The van der Waals surface area contributed by atoms with E-state index < -0.39 is 0 Å². The minimum absolute atomic E-state index is 0.552. The highest BCUT2D eigenvalue weighted by Gasteiger charge is 2.15. The van der Waals surface area contributed by atoms with Gasteiger partial charge < -0.3 is 4.98 Å². The van der Waals surface area contributed by atoms with Crippen molar-refractivity contribution in [3.05, 3.63) is 60.4 Å². The number of rotatable bonds is 2. The molecule has 0 aliphatic heterocycles. The molecule has 0 amide bonds. The van der Waals surface area contributed by atoms with Gasteiger partial charge in [0.05, 0.1) is 11.8 Å². The molecule has 7 heteroatoms. The lowest BCUT2D eigenvalue weighted by molar-refractivity contribution is 1.02. The molecule has 0 atom stereocenters. The fourth-order valence-electron chi connectivity index (χ4n) is 3.09. The first kappa shape index (κ1) is 14.7. The van der Waals surface area contributed by atoms with Gasteiger partial charge in [0, 0.05) is 29.2 Å². The summed E-state index contributed by atoms with van der Waals surface area (Å²) in [7, 11) is 0. The number of nitrogens with one attached hydrogen (secondary N) is 1. The number of imidazole rings is 1. The van der Waals surface area contributed by atoms with E-state index in [1.54, 1.807) is 6.33 Å². The van der Waals surface area contributed by atoms with E-state index in [0.29, 0.717) is 11.5 Å². The summed E-state index contributed by atoms with van der Waals surface area (Å²) in [5.41, 5.74) is 5.03. The van der Waals surface area contributed by atoms with Crippen molar-refractivity contribution < 1.29 is 0 Å². The second-order valence-corrected chi connectivity index (χ2v) is 6.21. The van der Waals surface area contributed by atoms with Gasteiger partial charge in [-0.1, -0.05) is 6.07 Å². The van der Waals surface area contributed by atoms with Crippen molar-refractivity contribution in [2.45, 2.75) is 13.8 Å². The molecular formula is C19H15N7. The van der Waals surface area contributed by atoms with Gasteiger partial charge in [0.2, 0.25) is 0 Å². The average Bonchev–Trinajstić information content (AvgIpc) is 3.27. The first-order valence-corrected chi connectivity index (χ1v) is 8.28. The molecule has 0 aromatic carbocycles. The SMILES string of the molecule is Cc1cc2c(ccn2-c2nc(-c3cccc(C)n3)nc3nc[nH]c23)cn1. The molecule has 0 radical (unpaired) electrons. The van der Waals surface area contributed by atoms with Crippen LogP contribution < -0.4 is 0 Å². The number of H-pyrrole nitrogens is 1. The summed E-state index contributed by atoms with van der Waals surface area (Å²) in [6, 6.07) is 9.88. The van der Waals surface area contributed by atoms with Gasteiger partial charge in [-0.3, -0.25) is 9.55 Å². The highest BCUT2D eigenvalue weighted by molar-refractivity contribution is 5.86. The number of aromatic amines is 1. The topological polar surface area (TPSA) is 85.2 Å². The van der Waals surface area contributed by atoms with Gasteiger partial charge in [0.15, 0.2) is 17.3 Å². The van der Waals surface area contributed by atoms with Crippen LogP contribution in [0.1, 0.15) is 11.4 Å². The van der Waals surface area contributed by atoms with Crippen molar-refractivity contribution in [2.75, 3.05) is 0 Å². The van der Waals surface area contributed by atoms with Crippen molar-refractivity contribution in [3.8, 4) is 17.3 Å². The highest BCUT2D eigenvalue weighted by atomic mass is 15.1. The third-order valence-electron chi connectivity index (χ3n) is 4.32. The van der Waals surface area contributed by atoms with E-state index in [1.165, 1.54) is 0 Å². The zero-order valence-corrected chi connectivity index (χ0v) is 14.3. The van der Waals surface area contributed by atoms with E-state index in [1.807, 2.05) is 61.1 Å². The number of hydrogen-bond donors (Lipinski definition) is 1. The van der Waals surface area contributed by atoms with Gasteiger partial charge in [0.25, 0.3) is 0 Å². The van der Waals surface area contributed by atoms with Crippen LogP contribution in [0.25, 0.3) is 39.4 Å². The zero-order chi connectivity index (χ0) is 17.7. The molecule has 0 fully saturated rings. The summed E-state index contributed by atoms with van der Waals surface area (Å²) in [6.45, 7) is 3.93. The molecular weight excluding hydrogens is 326 g/mol. The maximum absolute atomic E-state index is 4.80. The molecule has 0 spiro atoms. The molecule has 1 N–H and O–H groups in total. The average molecular weight is 341 g/mol. The van der Waals surface area contributed by atoms with Gasteiger partial charge in [-0.05, 0) is 38.1 Å². The predicted molar refractivity (Wildman–Crippen MR) is 99.0 cm³/mol. The Labute approximate surface area is 148 Å². The molecule has 7 nitrogen and oxygen atoms in total. The summed E-state index contributed by atoms with van der Waals surface area (Å²) in [5.74, 6) is 1.29. The molecule has 5 heterocycles. The van der Waals surface area contributed by atoms with Gasteiger partial charge >= 0.3 is 0 Å². The van der Waals surface area contributed by atoms with E-state index in [-0.39, 0.29) is 0 Å². The standard InChI is InChI=1S/C19H15N7/c1-11-4-3-5-14(23-11)17-24-18-16(21-10-22-18)19(25-17)26-7-6-13-9-20-12(2)8-15(13)26/h3-10H,1-2H3,(H,21,22,24,25). The van der Waals surface area contributed by atoms with Crippen molar-refractivity contribution in [1.82, 2.24) is 34.5 Å². The van der Waals surface area contributed by atoms with Crippen molar-refractivity contribution in [1.29, 1.82) is 0 Å². The van der Waals surface area contributed by atoms with E-state index in [9.17, 15) is 0 Å². The highest BCUT2D eigenvalue weighted by Crippen LogP contribution is 2.25. The summed E-state index contributed by atoms with van der Waals surface area (Å²) in [5, 5.41) is 1.05. The van der Waals surface area contributed by atoms with Crippen LogP contribution in [-0.2, 0) is 0 Å². The molecule has 26 heavy (non-hydrogen) atoms. The monoisotopic (exact) mass is 341 g/mol. The first-order valence-electron chi connectivity index (χ1n) is 8.28. The van der Waals surface area contributed by atoms with Crippen molar-refractivity contribution in [3.63, 3.8) is 0 Å². The number of aryl methyl sites for hydroxylation is 2. The largest absolute Gasteiger partial charge is 0.340 e. The Bertz CT molecular complexity index is 1270. The van der Waals surface area contributed by atoms with Crippen LogP contribution in [-0.4, -0.2) is 34.5 Å². The van der Waals surface area contributed by atoms with Crippen LogP contribution in [0.3, 0.4) is 0 Å². The number of nitrogens with zero attached hydrogens (tertiary/aromatic N) is 6. The Balaban J connectivity index is 1.81. The lowest BCUT2D eigenvalue weighted by atomic mass is 10.3. The van der Waals surface area contributed by atoms with E-state index in [0.717, 1.165) is 39.3 Å². The molecule has 0 aliphatic carbocycles. The number of aromatic nitrogens is 7. The molecule has 0 saturated heterocycles. The predicted octanol–water partition coefficient (Wildman–Crippen LogP) is 3.37. The van der Waals surface area contributed by atoms with Gasteiger partial charge in [-0.15, -0.1) is 0 Å². The molecule has 126 valence electrons. The fraction of sp³-hybridized carbons (Fsp3) is 0.105. The van der Waals surface area contributed by atoms with Crippen molar-refractivity contribution >= 4 is 22.1 Å². The Hall–Kier alpha value is -3.61. The number of fused-ring (bicyclic) bond motifs is 2. The van der Waals surface area contributed by atoms with Crippen LogP contribution in [0, 0.1) is 13.8 Å². The Morgan fingerprint density at radius 2 is 1.88 bits per heavy atom. The molecule has 0 bridgehead atoms. The third-order valence-corrected chi connectivity index (χ3v) is 4.32. The summed E-state index contributed by atoms with van der Waals surface area (Å²) >= 11 is 0. The number of pyridine rings is 2. The molecule has 5 aromatic rings. The third kappa shape index (κ3) is 2.25. The minimum Gasteiger partial charge on any atom is -0.340 e. The van der Waals surface area contributed by atoms with Crippen LogP contribution in [0.4, 0.5) is 0 Å². The van der Waals surface area contributed by atoms with E-state index in [4.69, 9.17) is 4.98 Å². The normalized spacial score (nSPS) is 11.5. The van der Waals surface area contributed by atoms with Crippen LogP contribution in [0.2, 0.25) is 0 Å². The van der Waals surface area contributed by atoms with Gasteiger partial charge in [-0.2, -0.15) is 0 Å². The Kier molecular flexibility index (Phi) is 3.08. The van der Waals surface area contributed by atoms with E-state index >= 15 is 0 Å². The van der Waals surface area contributed by atoms with Crippen molar-refractivity contribution in [2.24, 2.45) is 0 Å². The second kappa shape index (κ2) is 5.45. The summed E-state index contributed by atoms with van der Waals surface area (Å²) in [6.07, 6.45) is 5.49. The molecule has 0 unspecified atom stereocenters. The van der Waals surface area contributed by atoms with Gasteiger partial charge in [-0.25, -0.2) is 19.9 Å². The maximum Gasteiger partial charge on any atom is 0.183 e. The lowest BCUT2D eigenvalue weighted by Crippen LogP contribution is -2.02.